The first kappa shape index (κ1) is 18.9. The highest BCUT2D eigenvalue weighted by molar-refractivity contribution is 6.32. The molecule has 7 nitrogen and oxygen atoms in total. The Morgan fingerprint density at radius 1 is 1.22 bits per heavy atom. The van der Waals surface area contributed by atoms with E-state index in [0.29, 0.717) is 22.2 Å². The Kier molecular flexibility index (Phi) is 6.96. The molecule has 0 aromatic heterocycles. The van der Waals surface area contributed by atoms with Gasteiger partial charge < -0.3 is 25.0 Å². The average Bonchev–Trinajstić information content (AvgIpc) is 2.47. The second-order valence-corrected chi connectivity index (χ2v) is 5.60. The Hall–Kier alpha value is -2.15. The van der Waals surface area contributed by atoms with Gasteiger partial charge in [-0.1, -0.05) is 11.6 Å². The highest BCUT2D eigenvalue weighted by Gasteiger charge is 2.17. The van der Waals surface area contributed by atoms with Crippen LogP contribution in [-0.4, -0.2) is 50.7 Å². The van der Waals surface area contributed by atoms with Crippen LogP contribution in [0.2, 0.25) is 5.02 Å². The van der Waals surface area contributed by atoms with E-state index in [1.165, 1.54) is 26.2 Å². The zero-order valence-electron chi connectivity index (χ0n) is 13.9. The highest BCUT2D eigenvalue weighted by Crippen LogP contribution is 2.35. The molecule has 0 bridgehead atoms. The van der Waals surface area contributed by atoms with Crippen LogP contribution in [0.1, 0.15) is 13.8 Å². The maximum atomic E-state index is 12.2. The molecule has 0 unspecified atom stereocenters. The van der Waals surface area contributed by atoms with E-state index in [2.05, 4.69) is 10.6 Å². The van der Waals surface area contributed by atoms with Crippen LogP contribution in [0.3, 0.4) is 0 Å². The van der Waals surface area contributed by atoms with Crippen LogP contribution in [0.15, 0.2) is 12.1 Å². The van der Waals surface area contributed by atoms with Crippen LogP contribution in [-0.2, 0) is 4.79 Å². The number of nitrogens with one attached hydrogen (secondary N) is 2. The first-order valence-corrected chi connectivity index (χ1v) is 7.39. The van der Waals surface area contributed by atoms with Crippen molar-refractivity contribution in [1.29, 1.82) is 0 Å². The van der Waals surface area contributed by atoms with E-state index < -0.39 is 6.03 Å². The molecule has 1 aromatic rings. The van der Waals surface area contributed by atoms with E-state index >= 15 is 0 Å². The van der Waals surface area contributed by atoms with E-state index in [-0.39, 0.29) is 18.5 Å². The van der Waals surface area contributed by atoms with Gasteiger partial charge in [0, 0.05) is 25.2 Å². The lowest BCUT2D eigenvalue weighted by atomic mass is 10.2. The number of carbonyl (C=O) groups excluding carboxylic acids is 2. The SMILES string of the molecule is COc1cc(NC(=O)N(C)CC(=O)NC(C)C)c(OC)cc1Cl. The van der Waals surface area contributed by atoms with E-state index in [9.17, 15) is 9.59 Å². The molecule has 0 aliphatic carbocycles. The van der Waals surface area contributed by atoms with Crippen LogP contribution in [0.5, 0.6) is 11.5 Å². The third kappa shape index (κ3) is 5.52. The van der Waals surface area contributed by atoms with Gasteiger partial charge in [0.2, 0.25) is 5.91 Å². The molecule has 0 heterocycles. The van der Waals surface area contributed by atoms with Crippen molar-refractivity contribution in [2.45, 2.75) is 19.9 Å². The monoisotopic (exact) mass is 343 g/mol. The molecule has 0 saturated heterocycles. The standard InChI is InChI=1S/C15H22ClN3O4/c1-9(2)17-14(20)8-19(3)15(21)18-11-7-12(22-4)10(16)6-13(11)23-5/h6-7,9H,8H2,1-5H3,(H,17,20)(H,18,21). The summed E-state index contributed by atoms with van der Waals surface area (Å²) in [4.78, 5) is 25.1. The van der Waals surface area contributed by atoms with Crippen molar-refractivity contribution in [1.82, 2.24) is 10.2 Å². The Labute approximate surface area is 140 Å². The van der Waals surface area contributed by atoms with Crippen LogP contribution < -0.4 is 20.1 Å². The van der Waals surface area contributed by atoms with Crippen molar-refractivity contribution in [3.63, 3.8) is 0 Å². The number of urea groups is 1. The maximum absolute atomic E-state index is 12.2. The van der Waals surface area contributed by atoms with Gasteiger partial charge in [-0.15, -0.1) is 0 Å². The van der Waals surface area contributed by atoms with Crippen molar-refractivity contribution in [2.24, 2.45) is 0 Å². The summed E-state index contributed by atoms with van der Waals surface area (Å²) in [7, 11) is 4.46. The Morgan fingerprint density at radius 3 is 2.35 bits per heavy atom. The number of likely N-dealkylation sites (N-methyl/N-ethyl adjacent to an activating group) is 1. The van der Waals surface area contributed by atoms with Crippen LogP contribution >= 0.6 is 11.6 Å². The highest BCUT2D eigenvalue weighted by atomic mass is 35.5. The molecule has 0 spiro atoms. The number of amides is 3. The van der Waals surface area contributed by atoms with Gasteiger partial charge in [-0.3, -0.25) is 4.79 Å². The molecule has 3 amide bonds. The number of hydrogen-bond acceptors (Lipinski definition) is 4. The third-order valence-corrected chi connectivity index (χ3v) is 3.19. The van der Waals surface area contributed by atoms with Crippen molar-refractivity contribution in [3.8, 4) is 11.5 Å². The van der Waals surface area contributed by atoms with E-state index in [1.54, 1.807) is 12.1 Å². The second kappa shape index (κ2) is 8.47. The molecular weight excluding hydrogens is 322 g/mol. The molecule has 0 aliphatic rings. The van der Waals surface area contributed by atoms with Gasteiger partial charge in [0.15, 0.2) is 0 Å². The summed E-state index contributed by atoms with van der Waals surface area (Å²) in [5.74, 6) is 0.561. The molecule has 2 N–H and O–H groups in total. The summed E-state index contributed by atoms with van der Waals surface area (Å²) < 4.78 is 10.3. The largest absolute Gasteiger partial charge is 0.495 e. The minimum atomic E-state index is -0.452. The molecule has 1 aromatic carbocycles. The minimum absolute atomic E-state index is 0.0135. The summed E-state index contributed by atoms with van der Waals surface area (Å²) >= 11 is 6.02. The lowest BCUT2D eigenvalue weighted by Gasteiger charge is -2.20. The molecule has 0 saturated carbocycles. The lowest BCUT2D eigenvalue weighted by Crippen LogP contribution is -2.42. The Balaban J connectivity index is 2.82. The zero-order chi connectivity index (χ0) is 17.6. The van der Waals surface area contributed by atoms with Gasteiger partial charge in [0.1, 0.15) is 18.0 Å². The van der Waals surface area contributed by atoms with Gasteiger partial charge in [0.25, 0.3) is 0 Å². The molecule has 1 rings (SSSR count). The topological polar surface area (TPSA) is 79.9 Å². The number of rotatable bonds is 6. The first-order valence-electron chi connectivity index (χ1n) is 7.01. The van der Waals surface area contributed by atoms with Crippen LogP contribution in [0.25, 0.3) is 0 Å². The molecule has 0 radical (unpaired) electrons. The van der Waals surface area contributed by atoms with Crippen LogP contribution in [0, 0.1) is 0 Å². The smallest absolute Gasteiger partial charge is 0.322 e. The molecule has 0 atom stereocenters. The summed E-state index contributed by atoms with van der Waals surface area (Å²) in [6, 6.07) is 2.66. The molecule has 0 fully saturated rings. The number of benzene rings is 1. The van der Waals surface area contributed by atoms with Crippen molar-refractivity contribution in [2.75, 3.05) is 33.1 Å². The Morgan fingerprint density at radius 2 is 1.83 bits per heavy atom. The third-order valence-electron chi connectivity index (χ3n) is 2.89. The van der Waals surface area contributed by atoms with E-state index in [4.69, 9.17) is 21.1 Å². The predicted molar refractivity (Wildman–Crippen MR) is 89.5 cm³/mol. The number of anilines is 1. The molecule has 23 heavy (non-hydrogen) atoms. The summed E-state index contributed by atoms with van der Waals surface area (Å²) in [5, 5.41) is 5.75. The quantitative estimate of drug-likeness (QED) is 0.831. The van der Waals surface area contributed by atoms with Crippen molar-refractivity contribution >= 4 is 29.2 Å². The fourth-order valence-corrected chi connectivity index (χ4v) is 2.05. The van der Waals surface area contributed by atoms with Gasteiger partial charge in [-0.25, -0.2) is 4.79 Å². The van der Waals surface area contributed by atoms with Gasteiger partial charge >= 0.3 is 6.03 Å². The maximum Gasteiger partial charge on any atom is 0.322 e. The summed E-state index contributed by atoms with van der Waals surface area (Å²) in [6.45, 7) is 3.64. The van der Waals surface area contributed by atoms with E-state index in [1.807, 2.05) is 13.8 Å². The predicted octanol–water partition coefficient (Wildman–Crippen LogP) is 2.35. The average molecular weight is 344 g/mol. The number of methoxy groups -OCH3 is 2. The van der Waals surface area contributed by atoms with E-state index in [0.717, 1.165) is 0 Å². The molecule has 0 aliphatic heterocycles. The number of ether oxygens (including phenoxy) is 2. The minimum Gasteiger partial charge on any atom is -0.495 e. The van der Waals surface area contributed by atoms with Gasteiger partial charge in [-0.2, -0.15) is 0 Å². The fraction of sp³-hybridized carbons (Fsp3) is 0.467. The zero-order valence-corrected chi connectivity index (χ0v) is 14.7. The van der Waals surface area contributed by atoms with Crippen molar-refractivity contribution in [3.05, 3.63) is 17.2 Å². The molecular formula is C15H22ClN3O4. The number of halogens is 1. The summed E-state index contributed by atoms with van der Waals surface area (Å²) in [6.07, 6.45) is 0. The second-order valence-electron chi connectivity index (χ2n) is 5.20. The first-order chi connectivity index (χ1) is 10.8. The van der Waals surface area contributed by atoms with Gasteiger partial charge in [-0.05, 0) is 13.8 Å². The lowest BCUT2D eigenvalue weighted by molar-refractivity contribution is -0.121. The molecule has 128 valence electrons. The number of carbonyl (C=O) groups is 2. The normalized spacial score (nSPS) is 10.2. The van der Waals surface area contributed by atoms with Gasteiger partial charge in [0.05, 0.1) is 24.9 Å². The fourth-order valence-electron chi connectivity index (χ4n) is 1.82. The number of hydrogen-bond donors (Lipinski definition) is 2. The summed E-state index contributed by atoms with van der Waals surface area (Å²) in [5.41, 5.74) is 0.398. The Bertz CT molecular complexity index is 578. The number of nitrogens with zero attached hydrogens (tertiary/aromatic N) is 1. The van der Waals surface area contributed by atoms with Crippen LogP contribution in [0.4, 0.5) is 10.5 Å². The molecule has 8 heteroatoms. The van der Waals surface area contributed by atoms with Crippen molar-refractivity contribution < 1.29 is 19.1 Å².